The summed E-state index contributed by atoms with van der Waals surface area (Å²) in [5.74, 6) is -1.74. The van der Waals surface area contributed by atoms with Gasteiger partial charge in [0.15, 0.2) is 0 Å². The predicted octanol–water partition coefficient (Wildman–Crippen LogP) is 2.57. The van der Waals surface area contributed by atoms with Gasteiger partial charge in [-0.1, -0.05) is 19.3 Å². The zero-order valence-electron chi connectivity index (χ0n) is 12.1. The van der Waals surface area contributed by atoms with Crippen LogP contribution in [-0.4, -0.2) is 21.0 Å². The Balaban J connectivity index is 0.00000242. The van der Waals surface area contributed by atoms with Crippen LogP contribution in [0.25, 0.3) is 0 Å². The molecule has 0 amide bonds. The van der Waals surface area contributed by atoms with Crippen molar-refractivity contribution in [2.24, 2.45) is 11.7 Å². The molecule has 0 saturated heterocycles. The summed E-state index contributed by atoms with van der Waals surface area (Å²) in [6.07, 6.45) is 5.07. The van der Waals surface area contributed by atoms with Gasteiger partial charge in [-0.05, 0) is 30.9 Å². The zero-order chi connectivity index (χ0) is 15.5. The number of hydrogen-bond acceptors (Lipinski definition) is 3. The molecule has 126 valence electrons. The lowest BCUT2D eigenvalue weighted by molar-refractivity contribution is 0.294. The van der Waals surface area contributed by atoms with E-state index in [2.05, 4.69) is 4.72 Å². The molecule has 8 heteroatoms. The number of rotatable bonds is 5. The normalized spacial score (nSPS) is 17.8. The number of halogens is 3. The monoisotopic (exact) mass is 354 g/mol. The minimum atomic E-state index is -4.04. The second-order valence-electron chi connectivity index (χ2n) is 5.44. The lowest BCUT2D eigenvalue weighted by Gasteiger charge is -2.29. The number of hydrogen-bond donors (Lipinski definition) is 2. The summed E-state index contributed by atoms with van der Waals surface area (Å²) in [5, 5.41) is 0. The maximum Gasteiger partial charge on any atom is 0.243 e. The molecule has 1 aromatic carbocycles. The first-order valence-electron chi connectivity index (χ1n) is 7.11. The van der Waals surface area contributed by atoms with Gasteiger partial charge in [-0.25, -0.2) is 21.9 Å². The van der Waals surface area contributed by atoms with E-state index >= 15 is 0 Å². The molecule has 0 heterocycles. The van der Waals surface area contributed by atoms with E-state index in [1.807, 2.05) is 0 Å². The van der Waals surface area contributed by atoms with E-state index in [1.165, 1.54) is 0 Å². The van der Waals surface area contributed by atoms with Gasteiger partial charge in [-0.2, -0.15) is 0 Å². The Morgan fingerprint density at radius 2 is 1.86 bits per heavy atom. The van der Waals surface area contributed by atoms with E-state index in [0.717, 1.165) is 44.2 Å². The molecule has 0 aliphatic heterocycles. The van der Waals surface area contributed by atoms with Crippen molar-refractivity contribution in [3.63, 3.8) is 0 Å². The van der Waals surface area contributed by atoms with Gasteiger partial charge in [0.2, 0.25) is 10.0 Å². The highest BCUT2D eigenvalue weighted by Crippen LogP contribution is 2.27. The third kappa shape index (κ3) is 4.62. The molecule has 1 aromatic rings. The summed E-state index contributed by atoms with van der Waals surface area (Å²) in [7, 11) is -4.04. The molecule has 1 fully saturated rings. The van der Waals surface area contributed by atoms with Crippen molar-refractivity contribution in [2.75, 3.05) is 6.54 Å². The minimum absolute atomic E-state index is 0. The van der Waals surface area contributed by atoms with E-state index in [4.69, 9.17) is 5.73 Å². The van der Waals surface area contributed by atoms with Gasteiger partial charge in [0, 0.05) is 18.7 Å². The standard InChI is InChI=1S/C14H20F2N2O2S.ClH/c15-11-6-7-14(12(16)8-11)21(19,20)18-13(9-17)10-4-2-1-3-5-10;/h6-8,10,13,18H,1-5,9,17H2;1H. The molecule has 0 aromatic heterocycles. The minimum Gasteiger partial charge on any atom is -0.329 e. The summed E-state index contributed by atoms with van der Waals surface area (Å²) >= 11 is 0. The third-order valence-electron chi connectivity index (χ3n) is 3.96. The molecule has 0 spiro atoms. The van der Waals surface area contributed by atoms with Crippen LogP contribution in [0.4, 0.5) is 8.78 Å². The molecule has 22 heavy (non-hydrogen) atoms. The van der Waals surface area contributed by atoms with Crippen LogP contribution in [0.15, 0.2) is 23.1 Å². The van der Waals surface area contributed by atoms with Gasteiger partial charge in [0.1, 0.15) is 16.5 Å². The second-order valence-corrected chi connectivity index (χ2v) is 7.12. The summed E-state index contributed by atoms with van der Waals surface area (Å²) in [6.45, 7) is 0.159. The first kappa shape index (κ1) is 19.3. The first-order valence-corrected chi connectivity index (χ1v) is 8.60. The van der Waals surface area contributed by atoms with Gasteiger partial charge in [-0.3, -0.25) is 0 Å². The Morgan fingerprint density at radius 3 is 2.41 bits per heavy atom. The van der Waals surface area contributed by atoms with Crippen molar-refractivity contribution in [1.82, 2.24) is 4.72 Å². The molecule has 1 aliphatic rings. The van der Waals surface area contributed by atoms with Crippen LogP contribution >= 0.6 is 12.4 Å². The fraction of sp³-hybridized carbons (Fsp3) is 0.571. The van der Waals surface area contributed by atoms with E-state index in [1.54, 1.807) is 0 Å². The highest BCUT2D eigenvalue weighted by molar-refractivity contribution is 7.89. The third-order valence-corrected chi connectivity index (χ3v) is 5.49. The fourth-order valence-corrected chi connectivity index (χ4v) is 4.21. The average Bonchev–Trinajstić information content (AvgIpc) is 2.45. The number of nitrogens with one attached hydrogen (secondary N) is 1. The Hall–Kier alpha value is -0.760. The molecule has 4 nitrogen and oxygen atoms in total. The quantitative estimate of drug-likeness (QED) is 0.853. The van der Waals surface area contributed by atoms with Gasteiger partial charge >= 0.3 is 0 Å². The number of nitrogens with two attached hydrogens (primary N) is 1. The molecule has 1 atom stereocenters. The van der Waals surface area contributed by atoms with Crippen LogP contribution in [-0.2, 0) is 10.0 Å². The largest absolute Gasteiger partial charge is 0.329 e. The predicted molar refractivity (Wildman–Crippen MR) is 83.3 cm³/mol. The average molecular weight is 355 g/mol. The second kappa shape index (κ2) is 8.19. The van der Waals surface area contributed by atoms with Crippen molar-refractivity contribution in [3.8, 4) is 0 Å². The van der Waals surface area contributed by atoms with Crippen LogP contribution in [0.5, 0.6) is 0 Å². The summed E-state index contributed by atoms with van der Waals surface area (Å²) < 4.78 is 53.5. The molecule has 2 rings (SSSR count). The maximum atomic E-state index is 13.7. The van der Waals surface area contributed by atoms with Crippen LogP contribution < -0.4 is 10.5 Å². The molecule has 3 N–H and O–H groups in total. The smallest absolute Gasteiger partial charge is 0.243 e. The zero-order valence-corrected chi connectivity index (χ0v) is 13.7. The molecule has 1 unspecified atom stereocenters. The molecule has 0 bridgehead atoms. The van der Waals surface area contributed by atoms with E-state index in [-0.39, 0.29) is 24.9 Å². The Bertz CT molecular complexity index is 593. The lowest BCUT2D eigenvalue weighted by atomic mass is 9.84. The first-order chi connectivity index (χ1) is 9.94. The van der Waals surface area contributed by atoms with Crippen molar-refractivity contribution in [3.05, 3.63) is 29.8 Å². The molecule has 1 saturated carbocycles. The Morgan fingerprint density at radius 1 is 1.23 bits per heavy atom. The lowest BCUT2D eigenvalue weighted by Crippen LogP contribution is -2.46. The van der Waals surface area contributed by atoms with E-state index in [0.29, 0.717) is 6.07 Å². The molecule has 0 radical (unpaired) electrons. The topological polar surface area (TPSA) is 72.2 Å². The van der Waals surface area contributed by atoms with Crippen molar-refractivity contribution >= 4 is 22.4 Å². The number of benzene rings is 1. The van der Waals surface area contributed by atoms with Gasteiger partial charge in [0.05, 0.1) is 0 Å². The van der Waals surface area contributed by atoms with Crippen LogP contribution in [0.2, 0.25) is 0 Å². The van der Waals surface area contributed by atoms with Crippen molar-refractivity contribution < 1.29 is 17.2 Å². The van der Waals surface area contributed by atoms with Crippen molar-refractivity contribution in [2.45, 2.75) is 43.0 Å². The highest BCUT2D eigenvalue weighted by Gasteiger charge is 2.28. The van der Waals surface area contributed by atoms with Gasteiger partial charge in [0.25, 0.3) is 0 Å². The fourth-order valence-electron chi connectivity index (χ4n) is 2.83. The maximum absolute atomic E-state index is 13.7. The van der Waals surface area contributed by atoms with Crippen LogP contribution in [0, 0.1) is 17.6 Å². The highest BCUT2D eigenvalue weighted by atomic mass is 35.5. The van der Waals surface area contributed by atoms with E-state index in [9.17, 15) is 17.2 Å². The van der Waals surface area contributed by atoms with Crippen LogP contribution in [0.3, 0.4) is 0 Å². The number of sulfonamides is 1. The molecular weight excluding hydrogens is 334 g/mol. The molecular formula is C14H21ClF2N2O2S. The van der Waals surface area contributed by atoms with Gasteiger partial charge in [-0.15, -0.1) is 12.4 Å². The summed E-state index contributed by atoms with van der Waals surface area (Å²) in [4.78, 5) is -0.543. The molecule has 1 aliphatic carbocycles. The Labute approximate surface area is 135 Å². The van der Waals surface area contributed by atoms with Crippen molar-refractivity contribution in [1.29, 1.82) is 0 Å². The van der Waals surface area contributed by atoms with Gasteiger partial charge < -0.3 is 5.73 Å². The van der Waals surface area contributed by atoms with E-state index < -0.39 is 32.6 Å². The SMILES string of the molecule is Cl.NCC(NS(=O)(=O)c1ccc(F)cc1F)C1CCCCC1. The summed E-state index contributed by atoms with van der Waals surface area (Å²) in [5.41, 5.74) is 5.67. The van der Waals surface area contributed by atoms with Crippen LogP contribution in [0.1, 0.15) is 32.1 Å². The Kier molecular flexibility index (Phi) is 7.18. The summed E-state index contributed by atoms with van der Waals surface area (Å²) in [6, 6.07) is 2.00.